The number of halogens is 1. The molecule has 0 aliphatic carbocycles. The van der Waals surface area contributed by atoms with E-state index in [9.17, 15) is 8.42 Å². The zero-order valence-electron chi connectivity index (χ0n) is 16.1. The summed E-state index contributed by atoms with van der Waals surface area (Å²) < 4.78 is 34.2. The Bertz CT molecular complexity index is 1240. The number of aromatic amines is 1. The summed E-state index contributed by atoms with van der Waals surface area (Å²) in [7, 11) is -3.53. The molecule has 0 radical (unpaired) electrons. The Kier molecular flexibility index (Phi) is 6.22. The van der Waals surface area contributed by atoms with E-state index in [2.05, 4.69) is 25.6 Å². The quantitative estimate of drug-likeness (QED) is 0.368. The molecule has 3 aromatic carbocycles. The molecule has 0 bridgehead atoms. The van der Waals surface area contributed by atoms with Crippen molar-refractivity contribution in [2.24, 2.45) is 0 Å². The van der Waals surface area contributed by atoms with Crippen LogP contribution in [0.5, 0.6) is 5.75 Å². The van der Waals surface area contributed by atoms with Gasteiger partial charge in [-0.15, -0.1) is 0 Å². The van der Waals surface area contributed by atoms with Crippen molar-refractivity contribution in [3.63, 3.8) is 0 Å². The minimum atomic E-state index is -3.53. The van der Waals surface area contributed by atoms with E-state index in [0.29, 0.717) is 19.6 Å². The van der Waals surface area contributed by atoms with E-state index in [1.165, 1.54) is 0 Å². The number of ether oxygens (including phenoxy) is 1. The molecule has 0 atom stereocenters. The molecule has 1 heterocycles. The standard InChI is InChI=1S/C23H21BrN2O3S/c24-19-6-9-21(10-7-19)30(27,28)26-13-12-18-15-25-23-14-20(8-11-22(18)23)29-16-17-4-2-1-3-5-17/h1-11,14-15,25-26H,12-13,16H2. The molecule has 30 heavy (non-hydrogen) atoms. The summed E-state index contributed by atoms with van der Waals surface area (Å²) >= 11 is 3.31. The first kappa shape index (κ1) is 20.7. The minimum Gasteiger partial charge on any atom is -0.489 e. The first-order valence-electron chi connectivity index (χ1n) is 9.53. The first-order chi connectivity index (χ1) is 14.5. The number of sulfonamides is 1. The van der Waals surface area contributed by atoms with Gasteiger partial charge in [0.15, 0.2) is 0 Å². The van der Waals surface area contributed by atoms with Gasteiger partial charge in [-0.1, -0.05) is 46.3 Å². The van der Waals surface area contributed by atoms with Gasteiger partial charge in [0.1, 0.15) is 12.4 Å². The highest BCUT2D eigenvalue weighted by Gasteiger charge is 2.14. The van der Waals surface area contributed by atoms with Crippen LogP contribution in [-0.2, 0) is 23.1 Å². The maximum absolute atomic E-state index is 12.4. The van der Waals surface area contributed by atoms with Gasteiger partial charge in [-0.25, -0.2) is 13.1 Å². The van der Waals surface area contributed by atoms with Crippen molar-refractivity contribution in [1.29, 1.82) is 0 Å². The van der Waals surface area contributed by atoms with E-state index >= 15 is 0 Å². The number of H-pyrrole nitrogens is 1. The Morgan fingerprint density at radius 2 is 1.73 bits per heavy atom. The van der Waals surface area contributed by atoms with Crippen molar-refractivity contribution >= 4 is 36.9 Å². The molecule has 7 heteroatoms. The number of aromatic nitrogens is 1. The molecule has 2 N–H and O–H groups in total. The molecule has 0 fully saturated rings. The zero-order chi connectivity index (χ0) is 21.0. The lowest BCUT2D eigenvalue weighted by molar-refractivity contribution is 0.306. The largest absolute Gasteiger partial charge is 0.489 e. The van der Waals surface area contributed by atoms with Gasteiger partial charge in [0.05, 0.1) is 4.90 Å². The molecule has 0 aliphatic rings. The lowest BCUT2D eigenvalue weighted by Gasteiger charge is -2.08. The molecule has 0 spiro atoms. The van der Waals surface area contributed by atoms with E-state index in [0.717, 1.165) is 32.3 Å². The molecular formula is C23H21BrN2O3S. The molecule has 5 nitrogen and oxygen atoms in total. The van der Waals surface area contributed by atoms with Gasteiger partial charge in [0.25, 0.3) is 0 Å². The van der Waals surface area contributed by atoms with Gasteiger partial charge in [0, 0.05) is 34.2 Å². The van der Waals surface area contributed by atoms with Crippen molar-refractivity contribution in [3.05, 3.63) is 94.6 Å². The molecule has 0 unspecified atom stereocenters. The highest BCUT2D eigenvalue weighted by atomic mass is 79.9. The van der Waals surface area contributed by atoms with Crippen molar-refractivity contribution < 1.29 is 13.2 Å². The normalized spacial score (nSPS) is 11.6. The second kappa shape index (κ2) is 9.04. The first-order valence-corrected chi connectivity index (χ1v) is 11.8. The Morgan fingerprint density at radius 3 is 2.50 bits per heavy atom. The fourth-order valence-corrected chi connectivity index (χ4v) is 4.52. The summed E-state index contributed by atoms with van der Waals surface area (Å²) in [5, 5.41) is 1.06. The molecule has 4 aromatic rings. The average molecular weight is 485 g/mol. The van der Waals surface area contributed by atoms with Crippen LogP contribution in [0.25, 0.3) is 10.9 Å². The van der Waals surface area contributed by atoms with Gasteiger partial charge in [-0.2, -0.15) is 0 Å². The Balaban J connectivity index is 1.38. The molecule has 0 saturated heterocycles. The fraction of sp³-hybridized carbons (Fsp3) is 0.130. The molecule has 0 saturated carbocycles. The van der Waals surface area contributed by atoms with Crippen molar-refractivity contribution in [2.75, 3.05) is 6.54 Å². The van der Waals surface area contributed by atoms with Gasteiger partial charge < -0.3 is 9.72 Å². The predicted molar refractivity (Wildman–Crippen MR) is 122 cm³/mol. The SMILES string of the molecule is O=S(=O)(NCCc1c[nH]c2cc(OCc3ccccc3)ccc12)c1ccc(Br)cc1. The predicted octanol–water partition coefficient (Wildman–Crippen LogP) is 5.03. The third kappa shape index (κ3) is 4.92. The minimum absolute atomic E-state index is 0.254. The second-order valence-electron chi connectivity index (χ2n) is 6.90. The van der Waals surface area contributed by atoms with Gasteiger partial charge in [0.2, 0.25) is 10.0 Å². The topological polar surface area (TPSA) is 71.2 Å². The summed E-state index contributed by atoms with van der Waals surface area (Å²) in [6, 6.07) is 22.5. The number of benzene rings is 3. The Morgan fingerprint density at radius 1 is 0.967 bits per heavy atom. The van der Waals surface area contributed by atoms with Gasteiger partial charge in [-0.05, 0) is 53.9 Å². The summed E-state index contributed by atoms with van der Waals surface area (Å²) in [5.74, 6) is 0.788. The van der Waals surface area contributed by atoms with Crippen LogP contribution >= 0.6 is 15.9 Å². The Labute approximate surface area is 184 Å². The highest BCUT2D eigenvalue weighted by molar-refractivity contribution is 9.10. The number of rotatable bonds is 8. The molecule has 1 aromatic heterocycles. The van der Waals surface area contributed by atoms with Gasteiger partial charge in [-0.3, -0.25) is 0 Å². The monoisotopic (exact) mass is 484 g/mol. The lowest BCUT2D eigenvalue weighted by Crippen LogP contribution is -2.25. The van der Waals surface area contributed by atoms with E-state index < -0.39 is 10.0 Å². The van der Waals surface area contributed by atoms with Crippen LogP contribution in [0.4, 0.5) is 0 Å². The molecule has 0 aliphatic heterocycles. The molecule has 4 rings (SSSR count). The van der Waals surface area contributed by atoms with Crippen molar-refractivity contribution in [3.8, 4) is 5.75 Å². The maximum Gasteiger partial charge on any atom is 0.240 e. The highest BCUT2D eigenvalue weighted by Crippen LogP contribution is 2.24. The number of hydrogen-bond acceptors (Lipinski definition) is 3. The number of nitrogens with one attached hydrogen (secondary N) is 2. The van der Waals surface area contributed by atoms with E-state index in [1.54, 1.807) is 24.3 Å². The summed E-state index contributed by atoms with van der Waals surface area (Å²) in [5.41, 5.74) is 3.13. The van der Waals surface area contributed by atoms with Gasteiger partial charge >= 0.3 is 0 Å². The summed E-state index contributed by atoms with van der Waals surface area (Å²) in [4.78, 5) is 3.50. The third-order valence-electron chi connectivity index (χ3n) is 4.80. The van der Waals surface area contributed by atoms with Crippen LogP contribution in [0.15, 0.2) is 88.4 Å². The second-order valence-corrected chi connectivity index (χ2v) is 9.58. The molecule has 154 valence electrons. The van der Waals surface area contributed by atoms with Crippen LogP contribution in [0.3, 0.4) is 0 Å². The van der Waals surface area contributed by atoms with Crippen molar-refractivity contribution in [2.45, 2.75) is 17.9 Å². The maximum atomic E-state index is 12.4. The zero-order valence-corrected chi connectivity index (χ0v) is 18.5. The van der Waals surface area contributed by atoms with Crippen LogP contribution < -0.4 is 9.46 Å². The third-order valence-corrected chi connectivity index (χ3v) is 6.80. The Hall–Kier alpha value is -2.61. The van der Waals surface area contributed by atoms with Crippen molar-refractivity contribution in [1.82, 2.24) is 9.71 Å². The van der Waals surface area contributed by atoms with E-state index in [4.69, 9.17) is 4.74 Å². The molecule has 0 amide bonds. The fourth-order valence-electron chi connectivity index (χ4n) is 3.22. The van der Waals surface area contributed by atoms with Crippen LogP contribution in [0, 0.1) is 0 Å². The average Bonchev–Trinajstić information content (AvgIpc) is 3.15. The summed E-state index contributed by atoms with van der Waals surface area (Å²) in [6.45, 7) is 0.829. The van der Waals surface area contributed by atoms with Crippen LogP contribution in [0.1, 0.15) is 11.1 Å². The molecular weight excluding hydrogens is 464 g/mol. The smallest absolute Gasteiger partial charge is 0.240 e. The van der Waals surface area contributed by atoms with E-state index in [1.807, 2.05) is 54.7 Å². The number of fused-ring (bicyclic) bond motifs is 1. The van der Waals surface area contributed by atoms with Crippen LogP contribution in [-0.4, -0.2) is 19.9 Å². The number of hydrogen-bond donors (Lipinski definition) is 2. The lowest BCUT2D eigenvalue weighted by atomic mass is 10.1. The van der Waals surface area contributed by atoms with E-state index in [-0.39, 0.29) is 4.90 Å². The summed E-state index contributed by atoms with van der Waals surface area (Å²) in [6.07, 6.45) is 2.50. The van der Waals surface area contributed by atoms with Crippen LogP contribution in [0.2, 0.25) is 0 Å².